The number of carbonyl (C=O) groups excluding carboxylic acids is 1. The molecular weight excluding hydrogens is 370 g/mol. The van der Waals surface area contributed by atoms with Crippen molar-refractivity contribution in [2.24, 2.45) is 0 Å². The second kappa shape index (κ2) is 7.42. The summed E-state index contributed by atoms with van der Waals surface area (Å²) in [6.07, 6.45) is 1.48. The van der Waals surface area contributed by atoms with Crippen molar-refractivity contribution in [2.75, 3.05) is 18.1 Å². The smallest absolute Gasteiger partial charge is 0.340 e. The number of benzene rings is 2. The van der Waals surface area contributed by atoms with Crippen LogP contribution in [-0.4, -0.2) is 23.5 Å². The zero-order valence-corrected chi connectivity index (χ0v) is 14.4. The second-order valence-corrected chi connectivity index (χ2v) is 6.26. The third-order valence-corrected chi connectivity index (χ3v) is 3.83. The van der Waals surface area contributed by atoms with Gasteiger partial charge in [0.1, 0.15) is 22.5 Å². The molecule has 2 aromatic carbocycles. The van der Waals surface area contributed by atoms with E-state index < -0.39 is 17.0 Å². The number of rotatable bonds is 5. The number of anilines is 1. The summed E-state index contributed by atoms with van der Waals surface area (Å²) in [5.74, 6) is 0.552. The highest BCUT2D eigenvalue weighted by Gasteiger charge is 2.17. The predicted octanol–water partition coefficient (Wildman–Crippen LogP) is 3.73. The highest BCUT2D eigenvalue weighted by atomic mass is 79.9. The summed E-state index contributed by atoms with van der Waals surface area (Å²) in [6.45, 7) is 0. The molecule has 22 heavy (non-hydrogen) atoms. The lowest BCUT2D eigenvalue weighted by molar-refractivity contribution is 0.0601. The minimum atomic E-state index is -1.32. The third-order valence-electron chi connectivity index (χ3n) is 2.70. The number of hydrogen-bond acceptors (Lipinski definition) is 4. The topological polar surface area (TPSA) is 64.6 Å². The Balaban J connectivity index is 2.43. The number of nitrogens with one attached hydrogen (secondary N) is 1. The first-order chi connectivity index (χ1) is 10.5. The second-order valence-electron chi connectivity index (χ2n) is 4.29. The molecule has 0 fully saturated rings. The average Bonchev–Trinajstić information content (AvgIpc) is 2.49. The van der Waals surface area contributed by atoms with Crippen molar-refractivity contribution in [3.8, 4) is 11.5 Å². The Morgan fingerprint density at radius 2 is 1.91 bits per heavy atom. The van der Waals surface area contributed by atoms with Gasteiger partial charge in [0.05, 0.1) is 22.8 Å². The van der Waals surface area contributed by atoms with E-state index in [9.17, 15) is 9.00 Å². The van der Waals surface area contributed by atoms with Crippen LogP contribution in [0.1, 0.15) is 10.4 Å². The number of halogens is 1. The molecule has 0 aliphatic carbocycles. The normalized spacial score (nSPS) is 11.6. The van der Waals surface area contributed by atoms with Gasteiger partial charge in [-0.1, -0.05) is 18.2 Å². The van der Waals surface area contributed by atoms with Gasteiger partial charge in [0.15, 0.2) is 0 Å². The van der Waals surface area contributed by atoms with Gasteiger partial charge in [-0.15, -0.1) is 0 Å². The molecule has 0 heterocycles. The van der Waals surface area contributed by atoms with Gasteiger partial charge < -0.3 is 14.2 Å². The maximum absolute atomic E-state index is 11.9. The molecule has 0 radical (unpaired) electrons. The highest BCUT2D eigenvalue weighted by Crippen LogP contribution is 2.35. The maximum Gasteiger partial charge on any atom is 0.340 e. The fourth-order valence-electron chi connectivity index (χ4n) is 1.77. The minimum Gasteiger partial charge on any atom is -0.465 e. The highest BCUT2D eigenvalue weighted by molar-refractivity contribution is 9.10. The quantitative estimate of drug-likeness (QED) is 0.798. The average molecular weight is 384 g/mol. The third kappa shape index (κ3) is 4.08. The van der Waals surface area contributed by atoms with Crippen molar-refractivity contribution in [3.05, 3.63) is 52.5 Å². The van der Waals surface area contributed by atoms with E-state index in [1.165, 1.54) is 19.4 Å². The molecule has 5 nitrogen and oxygen atoms in total. The van der Waals surface area contributed by atoms with Crippen molar-refractivity contribution < 1.29 is 18.5 Å². The van der Waals surface area contributed by atoms with Crippen LogP contribution >= 0.6 is 15.9 Å². The number of methoxy groups -OCH3 is 1. The number of esters is 1. The SMILES string of the molecule is COC(=O)c1cc(Oc2ccccc2)c(Br)cc1NS(C)=O. The van der Waals surface area contributed by atoms with Crippen LogP contribution < -0.4 is 9.46 Å². The van der Waals surface area contributed by atoms with Crippen LogP contribution in [0.2, 0.25) is 0 Å². The zero-order chi connectivity index (χ0) is 16.1. The van der Waals surface area contributed by atoms with E-state index in [-0.39, 0.29) is 5.56 Å². The summed E-state index contributed by atoms with van der Waals surface area (Å²) >= 11 is 3.38. The molecule has 1 atom stereocenters. The molecule has 0 amide bonds. The molecular formula is C15H14BrNO4S. The molecule has 2 rings (SSSR count). The maximum atomic E-state index is 11.9. The molecule has 2 aromatic rings. The Bertz CT molecular complexity index is 706. The lowest BCUT2D eigenvalue weighted by Gasteiger charge is -2.13. The van der Waals surface area contributed by atoms with Gasteiger partial charge in [-0.3, -0.25) is 0 Å². The summed E-state index contributed by atoms with van der Waals surface area (Å²) in [6, 6.07) is 12.4. The number of para-hydroxylation sites is 1. The molecule has 1 unspecified atom stereocenters. The molecule has 116 valence electrons. The van der Waals surface area contributed by atoms with Crippen LogP contribution in [0.4, 0.5) is 5.69 Å². The molecule has 0 saturated heterocycles. The Morgan fingerprint density at radius 3 is 2.50 bits per heavy atom. The molecule has 0 aromatic heterocycles. The Labute approximate surface area is 139 Å². The largest absolute Gasteiger partial charge is 0.465 e. The molecule has 0 bridgehead atoms. The standard InChI is InChI=1S/C15H14BrNO4S/c1-20-15(18)11-8-14(21-10-6-4-3-5-7-10)12(16)9-13(11)17-22(2)19/h3-9,17H,1-2H3. The van der Waals surface area contributed by atoms with Crippen LogP contribution in [0, 0.1) is 0 Å². The summed E-state index contributed by atoms with van der Waals surface area (Å²) < 4.78 is 25.2. The summed E-state index contributed by atoms with van der Waals surface area (Å²) in [5.41, 5.74) is 0.645. The van der Waals surface area contributed by atoms with E-state index in [0.717, 1.165) is 0 Å². The van der Waals surface area contributed by atoms with Crippen molar-refractivity contribution in [2.45, 2.75) is 0 Å². The van der Waals surface area contributed by atoms with Gasteiger partial charge in [0.25, 0.3) is 0 Å². The summed E-state index contributed by atoms with van der Waals surface area (Å²) in [5, 5.41) is 0. The van der Waals surface area contributed by atoms with Crippen LogP contribution in [-0.2, 0) is 15.7 Å². The fourth-order valence-corrected chi connectivity index (χ4v) is 2.67. The molecule has 0 aliphatic heterocycles. The summed E-state index contributed by atoms with van der Waals surface area (Å²) in [7, 11) is -0.0311. The van der Waals surface area contributed by atoms with Crippen LogP contribution in [0.3, 0.4) is 0 Å². The van der Waals surface area contributed by atoms with Crippen LogP contribution in [0.15, 0.2) is 46.9 Å². The van der Waals surface area contributed by atoms with E-state index in [2.05, 4.69) is 20.7 Å². The van der Waals surface area contributed by atoms with E-state index in [0.29, 0.717) is 21.7 Å². The van der Waals surface area contributed by atoms with Gasteiger partial charge in [0.2, 0.25) is 0 Å². The van der Waals surface area contributed by atoms with Crippen molar-refractivity contribution in [1.29, 1.82) is 0 Å². The van der Waals surface area contributed by atoms with Crippen LogP contribution in [0.5, 0.6) is 11.5 Å². The predicted molar refractivity (Wildman–Crippen MR) is 89.7 cm³/mol. The molecule has 1 N–H and O–H groups in total. The van der Waals surface area contributed by atoms with Crippen molar-refractivity contribution in [3.63, 3.8) is 0 Å². The first-order valence-corrected chi connectivity index (χ1v) is 8.61. The van der Waals surface area contributed by atoms with Crippen molar-refractivity contribution >= 4 is 38.6 Å². The van der Waals surface area contributed by atoms with Crippen molar-refractivity contribution in [1.82, 2.24) is 0 Å². The van der Waals surface area contributed by atoms with Crippen LogP contribution in [0.25, 0.3) is 0 Å². The molecule has 7 heteroatoms. The first-order valence-electron chi connectivity index (χ1n) is 6.26. The molecule has 0 saturated carbocycles. The number of hydrogen-bond donors (Lipinski definition) is 1. The Kier molecular flexibility index (Phi) is 5.57. The monoisotopic (exact) mass is 383 g/mol. The van der Waals surface area contributed by atoms with E-state index in [4.69, 9.17) is 9.47 Å². The zero-order valence-electron chi connectivity index (χ0n) is 12.0. The van der Waals surface area contributed by atoms with E-state index in [1.807, 2.05) is 18.2 Å². The minimum absolute atomic E-state index is 0.242. The first kappa shape index (κ1) is 16.5. The number of carbonyl (C=O) groups is 1. The lowest BCUT2D eigenvalue weighted by Crippen LogP contribution is -2.10. The Morgan fingerprint density at radius 1 is 1.23 bits per heavy atom. The fraction of sp³-hybridized carbons (Fsp3) is 0.133. The summed E-state index contributed by atoms with van der Waals surface area (Å²) in [4.78, 5) is 11.9. The molecule has 0 spiro atoms. The van der Waals surface area contributed by atoms with Gasteiger partial charge >= 0.3 is 5.97 Å². The van der Waals surface area contributed by atoms with Gasteiger partial charge in [-0.05, 0) is 40.2 Å². The van der Waals surface area contributed by atoms with Gasteiger partial charge in [-0.25, -0.2) is 9.00 Å². The van der Waals surface area contributed by atoms with E-state index >= 15 is 0 Å². The van der Waals surface area contributed by atoms with Gasteiger partial charge in [-0.2, -0.15) is 0 Å². The van der Waals surface area contributed by atoms with E-state index in [1.54, 1.807) is 18.2 Å². The molecule has 0 aliphatic rings. The van der Waals surface area contributed by atoms with Gasteiger partial charge in [0, 0.05) is 6.26 Å². The lowest BCUT2D eigenvalue weighted by atomic mass is 10.1. The number of ether oxygens (including phenoxy) is 2. The Hall–Kier alpha value is -1.86.